The molecule has 0 aliphatic carbocycles. The molecule has 0 bridgehead atoms. The molecule has 2 heterocycles. The first-order valence-corrected chi connectivity index (χ1v) is 12.6. The second-order valence-corrected chi connectivity index (χ2v) is 9.61. The van der Waals surface area contributed by atoms with E-state index in [0.717, 1.165) is 37.6 Å². The number of carbonyl (C=O) groups excluding carboxylic acids is 1. The zero-order valence-corrected chi connectivity index (χ0v) is 27.1. The van der Waals surface area contributed by atoms with Gasteiger partial charge in [0.25, 0.3) is 5.91 Å². The molecule has 2 N–H and O–H groups in total. The van der Waals surface area contributed by atoms with Crippen molar-refractivity contribution in [1.29, 1.82) is 0 Å². The maximum atomic E-state index is 12.9. The van der Waals surface area contributed by atoms with Crippen LogP contribution < -0.4 is 15.0 Å². The first kappa shape index (κ1) is 38.4. The van der Waals surface area contributed by atoms with E-state index in [1.807, 2.05) is 54.8 Å². The van der Waals surface area contributed by atoms with Crippen LogP contribution in [0.4, 0.5) is 5.69 Å². The van der Waals surface area contributed by atoms with Crippen LogP contribution in [-0.2, 0) is 0 Å². The van der Waals surface area contributed by atoms with Gasteiger partial charge in [-0.2, -0.15) is 0 Å². The van der Waals surface area contributed by atoms with Gasteiger partial charge < -0.3 is 20.1 Å². The predicted octanol–water partition coefficient (Wildman–Crippen LogP) is 5.40. The molecule has 0 spiro atoms. The largest absolute Gasteiger partial charge is 0.495 e. The molecule has 14 heteroatoms. The van der Waals surface area contributed by atoms with E-state index < -0.39 is 6.10 Å². The summed E-state index contributed by atoms with van der Waals surface area (Å²) in [4.78, 5) is 21.8. The molecule has 1 atom stereocenters. The quantitative estimate of drug-likeness (QED) is 0.332. The van der Waals surface area contributed by atoms with Crippen molar-refractivity contribution in [3.63, 3.8) is 0 Å². The van der Waals surface area contributed by atoms with Crippen molar-refractivity contribution >= 4 is 84.4 Å². The Balaban J connectivity index is 0.00000380. The van der Waals surface area contributed by atoms with Gasteiger partial charge in [0.2, 0.25) is 0 Å². The van der Waals surface area contributed by atoms with Gasteiger partial charge in [0, 0.05) is 39.3 Å². The lowest BCUT2D eigenvalue weighted by molar-refractivity contribution is 0.0847. The Kier molecular flexibility index (Phi) is 16.7. The average molecular weight is 678 g/mol. The number of hydrogen-bond acceptors (Lipinski definition) is 6. The fourth-order valence-electron chi connectivity index (χ4n) is 4.59. The maximum Gasteiger partial charge on any atom is 0.271 e. The van der Waals surface area contributed by atoms with Crippen molar-refractivity contribution in [3.05, 3.63) is 69.7 Å². The predicted molar refractivity (Wildman–Crippen MR) is 172 cm³/mol. The topological polar surface area (TPSA) is 82.9 Å². The molecule has 2 aromatic carbocycles. The first-order chi connectivity index (χ1) is 17.3. The SMILES string of the molecule is COc1ccccc1-n1c(C)nc(C(=O)NCC(O)CN2CCN(c3cccc(Cl)c3Cl)CC2)c1C.Cl.Cl.Cl.Cl. The molecular weight excluding hydrogens is 643 g/mol. The second-order valence-electron chi connectivity index (χ2n) is 8.82. The molecule has 224 valence electrons. The average Bonchev–Trinajstić information content (AvgIpc) is 3.18. The molecule has 40 heavy (non-hydrogen) atoms. The van der Waals surface area contributed by atoms with Gasteiger partial charge in [-0.3, -0.25) is 14.3 Å². The maximum absolute atomic E-state index is 12.9. The normalized spacial score (nSPS) is 13.6. The van der Waals surface area contributed by atoms with Crippen LogP contribution in [0.25, 0.3) is 5.69 Å². The van der Waals surface area contributed by atoms with Crippen LogP contribution in [0.2, 0.25) is 10.0 Å². The zero-order valence-electron chi connectivity index (χ0n) is 22.3. The summed E-state index contributed by atoms with van der Waals surface area (Å²) in [6.45, 7) is 7.40. The fraction of sp³-hybridized carbons (Fsp3) is 0.385. The molecule has 1 aromatic heterocycles. The highest BCUT2D eigenvalue weighted by Gasteiger charge is 2.23. The Bertz CT molecular complexity index is 1240. The van der Waals surface area contributed by atoms with Crippen LogP contribution in [0.3, 0.4) is 0 Å². The van der Waals surface area contributed by atoms with Crippen molar-refractivity contribution in [1.82, 2.24) is 19.8 Å². The number of methoxy groups -OCH3 is 1. The number of β-amino-alcohol motifs (C(OH)–C–C–N with tert-alkyl or cyclic N) is 1. The summed E-state index contributed by atoms with van der Waals surface area (Å²) in [6, 6.07) is 13.2. The highest BCUT2D eigenvalue weighted by Crippen LogP contribution is 2.33. The molecule has 1 unspecified atom stereocenters. The number of rotatable bonds is 8. The minimum absolute atomic E-state index is 0. The van der Waals surface area contributed by atoms with Crippen LogP contribution in [0.1, 0.15) is 22.0 Å². The van der Waals surface area contributed by atoms with Crippen LogP contribution in [-0.4, -0.2) is 77.9 Å². The number of piperazine rings is 1. The number of imidazole rings is 1. The number of hydrogen-bond donors (Lipinski definition) is 2. The Labute approximate surface area is 270 Å². The minimum Gasteiger partial charge on any atom is -0.495 e. The Morgan fingerprint density at radius 3 is 2.27 bits per heavy atom. The molecule has 4 rings (SSSR count). The van der Waals surface area contributed by atoms with Crippen LogP contribution in [0.5, 0.6) is 5.75 Å². The fourth-order valence-corrected chi connectivity index (χ4v) is 5.01. The number of ether oxygens (including phenoxy) is 1. The van der Waals surface area contributed by atoms with E-state index in [1.165, 1.54) is 0 Å². The second kappa shape index (κ2) is 17.4. The minimum atomic E-state index is -0.701. The summed E-state index contributed by atoms with van der Waals surface area (Å²) in [7, 11) is 1.61. The molecule has 1 amide bonds. The molecule has 1 aliphatic heterocycles. The van der Waals surface area contributed by atoms with Crippen LogP contribution in [0, 0.1) is 13.8 Å². The lowest BCUT2D eigenvalue weighted by atomic mass is 10.2. The highest BCUT2D eigenvalue weighted by molar-refractivity contribution is 6.43. The molecule has 0 saturated carbocycles. The van der Waals surface area contributed by atoms with E-state index >= 15 is 0 Å². The van der Waals surface area contributed by atoms with Gasteiger partial charge in [-0.15, -0.1) is 49.6 Å². The summed E-state index contributed by atoms with van der Waals surface area (Å²) in [5, 5.41) is 14.5. The van der Waals surface area contributed by atoms with E-state index in [9.17, 15) is 9.90 Å². The van der Waals surface area contributed by atoms with Gasteiger partial charge in [-0.1, -0.05) is 41.4 Å². The number of nitrogens with one attached hydrogen (secondary N) is 1. The number of anilines is 1. The van der Waals surface area contributed by atoms with E-state index in [0.29, 0.717) is 39.6 Å². The zero-order chi connectivity index (χ0) is 25.8. The molecule has 0 radical (unpaired) electrons. The van der Waals surface area contributed by atoms with Crippen molar-refractivity contribution in [3.8, 4) is 11.4 Å². The van der Waals surface area contributed by atoms with Crippen molar-refractivity contribution in [2.45, 2.75) is 20.0 Å². The molecule has 1 aliphatic rings. The van der Waals surface area contributed by atoms with Crippen molar-refractivity contribution in [2.24, 2.45) is 0 Å². The van der Waals surface area contributed by atoms with Gasteiger partial charge in [-0.25, -0.2) is 4.98 Å². The summed E-state index contributed by atoms with van der Waals surface area (Å²) in [5.74, 6) is 1.06. The van der Waals surface area contributed by atoms with Gasteiger partial charge >= 0.3 is 0 Å². The van der Waals surface area contributed by atoms with Gasteiger partial charge in [-0.05, 0) is 38.1 Å². The lowest BCUT2D eigenvalue weighted by Crippen LogP contribution is -2.50. The van der Waals surface area contributed by atoms with Crippen LogP contribution >= 0.6 is 72.8 Å². The molecular formula is C26H35Cl6N5O3. The lowest BCUT2D eigenvalue weighted by Gasteiger charge is -2.37. The van der Waals surface area contributed by atoms with E-state index in [4.69, 9.17) is 27.9 Å². The number of halogens is 6. The van der Waals surface area contributed by atoms with E-state index in [1.54, 1.807) is 13.2 Å². The Hall–Kier alpha value is -1.62. The summed E-state index contributed by atoms with van der Waals surface area (Å²) in [6.07, 6.45) is -0.701. The standard InChI is InChI=1S/C26H31Cl2N5O3.4ClH/c1-17-25(30-18(2)33(17)21-8-4-5-10-23(21)36-3)26(35)29-15-19(34)16-31-11-13-32(14-12-31)22-9-6-7-20(27)24(22)28;;;;/h4-10,19,34H,11-16H2,1-3H3,(H,29,35);4*1H. The number of aryl methyl sites for hydroxylation is 1. The Morgan fingerprint density at radius 2 is 1.62 bits per heavy atom. The van der Waals surface area contributed by atoms with Crippen molar-refractivity contribution in [2.75, 3.05) is 51.3 Å². The number of para-hydroxylation sites is 2. The van der Waals surface area contributed by atoms with Gasteiger partial charge in [0.15, 0.2) is 0 Å². The summed E-state index contributed by atoms with van der Waals surface area (Å²) in [5.41, 5.74) is 2.78. The molecule has 1 fully saturated rings. The highest BCUT2D eigenvalue weighted by atomic mass is 35.5. The number of aliphatic hydroxyl groups excluding tert-OH is 1. The smallest absolute Gasteiger partial charge is 0.271 e. The summed E-state index contributed by atoms with van der Waals surface area (Å²) >= 11 is 12.5. The van der Waals surface area contributed by atoms with Crippen molar-refractivity contribution < 1.29 is 14.6 Å². The van der Waals surface area contributed by atoms with E-state index in [2.05, 4.69) is 20.1 Å². The monoisotopic (exact) mass is 675 g/mol. The third-order valence-electron chi connectivity index (χ3n) is 6.43. The van der Waals surface area contributed by atoms with Gasteiger partial charge in [0.05, 0.1) is 40.3 Å². The first-order valence-electron chi connectivity index (χ1n) is 11.9. The Morgan fingerprint density at radius 1 is 1.00 bits per heavy atom. The summed E-state index contributed by atoms with van der Waals surface area (Å²) < 4.78 is 7.37. The molecule has 3 aromatic rings. The number of aromatic nitrogens is 2. The van der Waals surface area contributed by atoms with Crippen LogP contribution in [0.15, 0.2) is 42.5 Å². The molecule has 8 nitrogen and oxygen atoms in total. The number of nitrogens with zero attached hydrogens (tertiary/aromatic N) is 4. The molecule has 1 saturated heterocycles. The van der Waals surface area contributed by atoms with Gasteiger partial charge in [0.1, 0.15) is 17.3 Å². The number of carbonyl (C=O) groups is 1. The number of aliphatic hydroxyl groups is 1. The third kappa shape index (κ3) is 8.69. The third-order valence-corrected chi connectivity index (χ3v) is 7.24. The number of amides is 1. The number of benzene rings is 2. The van der Waals surface area contributed by atoms with E-state index in [-0.39, 0.29) is 62.1 Å².